The zero-order chi connectivity index (χ0) is 12.1. The van der Waals surface area contributed by atoms with Crippen LogP contribution in [0.5, 0.6) is 5.75 Å². The van der Waals surface area contributed by atoms with E-state index in [1.165, 1.54) is 7.11 Å². The van der Waals surface area contributed by atoms with Crippen molar-refractivity contribution >= 4 is 0 Å². The van der Waals surface area contributed by atoms with Gasteiger partial charge in [0.25, 0.3) is 6.43 Å². The van der Waals surface area contributed by atoms with Gasteiger partial charge in [0.15, 0.2) is 0 Å². The van der Waals surface area contributed by atoms with Crippen LogP contribution >= 0.6 is 0 Å². The molecular formula is C10H7F2N3O. The van der Waals surface area contributed by atoms with Gasteiger partial charge in [0.2, 0.25) is 0 Å². The van der Waals surface area contributed by atoms with Crippen LogP contribution in [0.4, 0.5) is 8.78 Å². The first-order valence-electron chi connectivity index (χ1n) is 4.26. The topological polar surface area (TPSA) is 69.7 Å². The fourth-order valence-corrected chi connectivity index (χ4v) is 1.27. The lowest BCUT2D eigenvalue weighted by Gasteiger charge is -2.10. The number of ether oxygens (including phenoxy) is 1. The number of rotatable bonds is 3. The average Bonchev–Trinajstić information content (AvgIpc) is 2.28. The first-order chi connectivity index (χ1) is 7.65. The Morgan fingerprint density at radius 2 is 2.19 bits per heavy atom. The molecule has 82 valence electrons. The van der Waals surface area contributed by atoms with Gasteiger partial charge >= 0.3 is 0 Å². The molecule has 0 saturated heterocycles. The number of hydrogen-bond acceptors (Lipinski definition) is 4. The molecule has 0 aliphatic carbocycles. The largest absolute Gasteiger partial charge is 0.495 e. The molecule has 1 aromatic rings. The molecule has 0 radical (unpaired) electrons. The number of aromatic nitrogens is 1. The van der Waals surface area contributed by atoms with Gasteiger partial charge < -0.3 is 4.74 Å². The minimum atomic E-state index is -2.85. The smallest absolute Gasteiger partial charge is 0.281 e. The molecule has 0 atom stereocenters. The Kier molecular flexibility index (Phi) is 3.73. The quantitative estimate of drug-likeness (QED) is 0.785. The molecule has 1 rings (SSSR count). The van der Waals surface area contributed by atoms with E-state index >= 15 is 0 Å². The average molecular weight is 223 g/mol. The van der Waals surface area contributed by atoms with Crippen molar-refractivity contribution < 1.29 is 13.5 Å². The molecule has 0 bridgehead atoms. The molecule has 4 nitrogen and oxygen atoms in total. The number of nitriles is 2. The Morgan fingerprint density at radius 1 is 1.50 bits per heavy atom. The van der Waals surface area contributed by atoms with Crippen molar-refractivity contribution in [1.82, 2.24) is 4.98 Å². The second-order valence-electron chi connectivity index (χ2n) is 2.82. The molecule has 0 aliphatic rings. The molecule has 16 heavy (non-hydrogen) atoms. The molecule has 0 aliphatic heterocycles. The molecule has 0 saturated carbocycles. The Balaban J connectivity index is 3.42. The number of hydrogen-bond donors (Lipinski definition) is 0. The minimum Gasteiger partial charge on any atom is -0.495 e. The van der Waals surface area contributed by atoms with Crippen molar-refractivity contribution in [3.8, 4) is 17.9 Å². The van der Waals surface area contributed by atoms with E-state index in [4.69, 9.17) is 15.3 Å². The van der Waals surface area contributed by atoms with E-state index in [-0.39, 0.29) is 17.7 Å². The summed E-state index contributed by atoms with van der Waals surface area (Å²) >= 11 is 0. The summed E-state index contributed by atoms with van der Waals surface area (Å²) in [5, 5.41) is 17.3. The van der Waals surface area contributed by atoms with E-state index in [0.717, 1.165) is 6.20 Å². The van der Waals surface area contributed by atoms with Gasteiger partial charge in [-0.05, 0) is 0 Å². The number of pyridine rings is 1. The van der Waals surface area contributed by atoms with Gasteiger partial charge in [0.1, 0.15) is 23.1 Å². The third kappa shape index (κ3) is 2.06. The summed E-state index contributed by atoms with van der Waals surface area (Å²) in [5.74, 6) is -0.00523. The van der Waals surface area contributed by atoms with E-state index in [1.807, 2.05) is 6.07 Å². The van der Waals surface area contributed by atoms with Crippen LogP contribution in [-0.4, -0.2) is 12.1 Å². The zero-order valence-corrected chi connectivity index (χ0v) is 8.37. The van der Waals surface area contributed by atoms with E-state index in [2.05, 4.69) is 4.98 Å². The maximum Gasteiger partial charge on any atom is 0.281 e. The van der Waals surface area contributed by atoms with Crippen LogP contribution in [-0.2, 0) is 6.42 Å². The Bertz CT molecular complexity index is 474. The molecule has 0 amide bonds. The van der Waals surface area contributed by atoms with Crippen LogP contribution < -0.4 is 4.74 Å². The van der Waals surface area contributed by atoms with Gasteiger partial charge in [-0.2, -0.15) is 10.5 Å². The normalized spacial score (nSPS) is 9.62. The van der Waals surface area contributed by atoms with Gasteiger partial charge in [-0.1, -0.05) is 0 Å². The molecule has 1 heterocycles. The third-order valence-corrected chi connectivity index (χ3v) is 1.93. The highest BCUT2D eigenvalue weighted by molar-refractivity contribution is 5.51. The summed E-state index contributed by atoms with van der Waals surface area (Å²) in [4.78, 5) is 3.47. The van der Waals surface area contributed by atoms with Crippen LogP contribution in [0.3, 0.4) is 0 Å². The highest BCUT2D eigenvalue weighted by Crippen LogP contribution is 2.30. The van der Waals surface area contributed by atoms with Crippen LogP contribution in [0.2, 0.25) is 0 Å². The van der Waals surface area contributed by atoms with E-state index in [0.29, 0.717) is 5.56 Å². The lowest BCUT2D eigenvalue weighted by Crippen LogP contribution is -2.02. The Morgan fingerprint density at radius 3 is 2.62 bits per heavy atom. The fourth-order valence-electron chi connectivity index (χ4n) is 1.27. The zero-order valence-electron chi connectivity index (χ0n) is 8.37. The van der Waals surface area contributed by atoms with Crippen molar-refractivity contribution in [1.29, 1.82) is 10.5 Å². The standard InChI is InChI=1S/C10H7F2N3O/c1-16-9-6(2-3-13)5-15-8(10(11)12)7(9)4-14/h5,10H,2H2,1H3. The second-order valence-corrected chi connectivity index (χ2v) is 2.82. The Labute approximate surface area is 90.7 Å². The predicted octanol–water partition coefficient (Wildman–Crippen LogP) is 1.97. The molecule has 1 aromatic heterocycles. The first-order valence-corrected chi connectivity index (χ1v) is 4.26. The maximum absolute atomic E-state index is 12.5. The monoisotopic (exact) mass is 223 g/mol. The maximum atomic E-state index is 12.5. The van der Waals surface area contributed by atoms with Crippen LogP contribution in [0, 0.1) is 22.7 Å². The highest BCUT2D eigenvalue weighted by atomic mass is 19.3. The molecule has 0 spiro atoms. The molecule has 0 unspecified atom stereocenters. The van der Waals surface area contributed by atoms with Crippen LogP contribution in [0.15, 0.2) is 6.20 Å². The number of halogens is 2. The van der Waals surface area contributed by atoms with Crippen molar-refractivity contribution in [2.45, 2.75) is 12.8 Å². The molecule has 6 heteroatoms. The summed E-state index contributed by atoms with van der Waals surface area (Å²) in [5.41, 5.74) is -0.614. The van der Waals surface area contributed by atoms with E-state index in [1.54, 1.807) is 6.07 Å². The number of methoxy groups -OCH3 is 1. The lowest BCUT2D eigenvalue weighted by atomic mass is 10.1. The first kappa shape index (κ1) is 11.9. The van der Waals surface area contributed by atoms with Gasteiger partial charge in [-0.25, -0.2) is 8.78 Å². The second kappa shape index (κ2) is 5.04. The SMILES string of the molecule is COc1c(CC#N)cnc(C(F)F)c1C#N. The summed E-state index contributed by atoms with van der Waals surface area (Å²) in [6, 6.07) is 3.46. The molecule has 0 N–H and O–H groups in total. The van der Waals surface area contributed by atoms with Crippen molar-refractivity contribution in [2.24, 2.45) is 0 Å². The summed E-state index contributed by atoms with van der Waals surface area (Å²) < 4.78 is 29.9. The highest BCUT2D eigenvalue weighted by Gasteiger charge is 2.21. The van der Waals surface area contributed by atoms with Crippen molar-refractivity contribution in [3.05, 3.63) is 23.0 Å². The van der Waals surface area contributed by atoms with Crippen LogP contribution in [0.1, 0.15) is 23.2 Å². The summed E-state index contributed by atoms with van der Waals surface area (Å²) in [6.45, 7) is 0. The van der Waals surface area contributed by atoms with E-state index in [9.17, 15) is 8.78 Å². The van der Waals surface area contributed by atoms with Gasteiger partial charge in [0.05, 0.1) is 19.6 Å². The molecular weight excluding hydrogens is 216 g/mol. The summed E-state index contributed by atoms with van der Waals surface area (Å²) in [7, 11) is 1.26. The molecule has 0 aromatic carbocycles. The van der Waals surface area contributed by atoms with Crippen molar-refractivity contribution in [2.75, 3.05) is 7.11 Å². The lowest BCUT2D eigenvalue weighted by molar-refractivity contribution is 0.145. The predicted molar refractivity (Wildman–Crippen MR) is 49.8 cm³/mol. The Hall–Kier alpha value is -2.21. The van der Waals surface area contributed by atoms with Gasteiger partial charge in [0, 0.05) is 11.8 Å². The molecule has 0 fully saturated rings. The van der Waals surface area contributed by atoms with Crippen molar-refractivity contribution in [3.63, 3.8) is 0 Å². The number of alkyl halides is 2. The number of nitrogens with zero attached hydrogens (tertiary/aromatic N) is 3. The summed E-state index contributed by atoms with van der Waals surface area (Å²) in [6.07, 6.45) is -1.77. The minimum absolute atomic E-state index is 0.00523. The van der Waals surface area contributed by atoms with Crippen LogP contribution in [0.25, 0.3) is 0 Å². The van der Waals surface area contributed by atoms with Gasteiger partial charge in [-0.15, -0.1) is 0 Å². The fraction of sp³-hybridized carbons (Fsp3) is 0.300. The third-order valence-electron chi connectivity index (χ3n) is 1.93. The van der Waals surface area contributed by atoms with Gasteiger partial charge in [-0.3, -0.25) is 4.98 Å². The van der Waals surface area contributed by atoms with E-state index < -0.39 is 12.1 Å².